The van der Waals surface area contributed by atoms with Gasteiger partial charge in [0.15, 0.2) is 0 Å². The highest BCUT2D eigenvalue weighted by Crippen LogP contribution is 2.29. The largest absolute Gasteiger partial charge is 0.313 e. The molecule has 1 unspecified atom stereocenters. The average molecular weight is 314 g/mol. The van der Waals surface area contributed by atoms with Crippen molar-refractivity contribution in [3.63, 3.8) is 0 Å². The third-order valence-corrected chi connectivity index (χ3v) is 5.72. The molecule has 21 heavy (non-hydrogen) atoms. The van der Waals surface area contributed by atoms with E-state index in [0.29, 0.717) is 6.04 Å². The second-order valence-corrected chi connectivity index (χ2v) is 7.11. The summed E-state index contributed by atoms with van der Waals surface area (Å²) in [6.45, 7) is 2.18. The van der Waals surface area contributed by atoms with E-state index in [2.05, 4.69) is 59.7 Å². The Bertz CT molecular complexity index is 703. The first kappa shape index (κ1) is 14.6. The molecule has 1 atom stereocenters. The molecule has 0 aliphatic carbocycles. The molecule has 0 saturated carbocycles. The predicted molar refractivity (Wildman–Crippen MR) is 93.1 cm³/mol. The van der Waals surface area contributed by atoms with Gasteiger partial charge in [-0.2, -0.15) is 0 Å². The molecule has 3 aromatic rings. The van der Waals surface area contributed by atoms with Crippen LogP contribution in [0.1, 0.15) is 23.5 Å². The van der Waals surface area contributed by atoms with Gasteiger partial charge >= 0.3 is 0 Å². The molecule has 0 aliphatic heterocycles. The fourth-order valence-electron chi connectivity index (χ4n) is 2.17. The Morgan fingerprint density at radius 2 is 2.05 bits per heavy atom. The zero-order valence-electron chi connectivity index (χ0n) is 12.2. The summed E-state index contributed by atoms with van der Waals surface area (Å²) in [6.07, 6.45) is 0. The maximum atomic E-state index is 4.69. The summed E-state index contributed by atoms with van der Waals surface area (Å²) in [6, 6.07) is 17.4. The standard InChI is InChI=1S/C17H18N2S2/c1-12(18-2)13-6-5-7-14(10-13)20-11-17-19-15-8-3-4-9-16(15)21-17/h3-10,12,18H,11H2,1-2H3. The first-order chi connectivity index (χ1) is 10.3. The molecule has 2 aromatic carbocycles. The molecule has 108 valence electrons. The fraction of sp³-hybridized carbons (Fsp3) is 0.235. The lowest BCUT2D eigenvalue weighted by Crippen LogP contribution is -2.11. The SMILES string of the molecule is CNC(C)c1cccc(SCc2nc3ccccc3s2)c1. The van der Waals surface area contributed by atoms with Gasteiger partial charge in [0.05, 0.1) is 16.0 Å². The van der Waals surface area contributed by atoms with Crippen molar-refractivity contribution in [1.29, 1.82) is 0 Å². The Morgan fingerprint density at radius 3 is 2.86 bits per heavy atom. The number of nitrogens with one attached hydrogen (secondary N) is 1. The third kappa shape index (κ3) is 3.46. The Balaban J connectivity index is 1.72. The van der Waals surface area contributed by atoms with E-state index in [-0.39, 0.29) is 0 Å². The van der Waals surface area contributed by atoms with Gasteiger partial charge in [-0.3, -0.25) is 0 Å². The highest BCUT2D eigenvalue weighted by Gasteiger charge is 2.06. The van der Waals surface area contributed by atoms with E-state index in [1.54, 1.807) is 11.3 Å². The number of thioether (sulfide) groups is 1. The Hall–Kier alpha value is -1.36. The molecule has 4 heteroatoms. The molecule has 0 bridgehead atoms. The van der Waals surface area contributed by atoms with E-state index in [9.17, 15) is 0 Å². The van der Waals surface area contributed by atoms with Gasteiger partial charge in [0.2, 0.25) is 0 Å². The molecule has 1 aromatic heterocycles. The van der Waals surface area contributed by atoms with E-state index in [1.165, 1.54) is 20.2 Å². The van der Waals surface area contributed by atoms with Gasteiger partial charge in [-0.1, -0.05) is 24.3 Å². The monoisotopic (exact) mass is 314 g/mol. The molecule has 0 aliphatic rings. The minimum absolute atomic E-state index is 0.382. The zero-order valence-corrected chi connectivity index (χ0v) is 13.8. The summed E-state index contributed by atoms with van der Waals surface area (Å²) in [5.74, 6) is 0.927. The molecule has 1 N–H and O–H groups in total. The van der Waals surface area contributed by atoms with Crippen molar-refractivity contribution in [1.82, 2.24) is 10.3 Å². The van der Waals surface area contributed by atoms with Crippen molar-refractivity contribution >= 4 is 33.3 Å². The van der Waals surface area contributed by atoms with E-state index >= 15 is 0 Å². The zero-order chi connectivity index (χ0) is 14.7. The maximum absolute atomic E-state index is 4.69. The molecule has 0 amide bonds. The molecule has 0 saturated heterocycles. The normalized spacial score (nSPS) is 12.7. The topological polar surface area (TPSA) is 24.9 Å². The summed E-state index contributed by atoms with van der Waals surface area (Å²) >= 11 is 3.64. The van der Waals surface area contributed by atoms with Crippen LogP contribution in [0.2, 0.25) is 0 Å². The van der Waals surface area contributed by atoms with Gasteiger partial charge in [-0.05, 0) is 43.8 Å². The summed E-state index contributed by atoms with van der Waals surface area (Å²) in [5.41, 5.74) is 2.43. The van der Waals surface area contributed by atoms with Crippen LogP contribution in [0.3, 0.4) is 0 Å². The van der Waals surface area contributed by atoms with Crippen molar-refractivity contribution in [3.05, 3.63) is 59.1 Å². The van der Waals surface area contributed by atoms with E-state index in [0.717, 1.165) is 11.3 Å². The fourth-order valence-corrected chi connectivity index (χ4v) is 4.09. The van der Waals surface area contributed by atoms with E-state index < -0.39 is 0 Å². The Kier molecular flexibility index (Phi) is 4.58. The van der Waals surface area contributed by atoms with Gasteiger partial charge < -0.3 is 5.32 Å². The highest BCUT2D eigenvalue weighted by molar-refractivity contribution is 7.98. The third-order valence-electron chi connectivity index (χ3n) is 3.49. The van der Waals surface area contributed by atoms with Crippen LogP contribution >= 0.6 is 23.1 Å². The van der Waals surface area contributed by atoms with Crippen LogP contribution in [0, 0.1) is 0 Å². The van der Waals surface area contributed by atoms with Crippen LogP contribution in [0.25, 0.3) is 10.2 Å². The number of nitrogens with zero attached hydrogens (tertiary/aromatic N) is 1. The molecule has 0 fully saturated rings. The number of thiazole rings is 1. The number of hydrogen-bond acceptors (Lipinski definition) is 4. The smallest absolute Gasteiger partial charge is 0.104 e. The summed E-state index contributed by atoms with van der Waals surface area (Å²) in [4.78, 5) is 5.99. The van der Waals surface area contributed by atoms with Gasteiger partial charge in [-0.15, -0.1) is 23.1 Å². The van der Waals surface area contributed by atoms with Crippen molar-refractivity contribution in [2.75, 3.05) is 7.05 Å². The molecular formula is C17H18N2S2. The average Bonchev–Trinajstić information content (AvgIpc) is 2.95. The number of aromatic nitrogens is 1. The maximum Gasteiger partial charge on any atom is 0.104 e. The molecule has 3 rings (SSSR count). The lowest BCUT2D eigenvalue weighted by Gasteiger charge is -2.11. The number of para-hydroxylation sites is 1. The number of benzene rings is 2. The van der Waals surface area contributed by atoms with Crippen molar-refractivity contribution in [3.8, 4) is 0 Å². The predicted octanol–water partition coefficient (Wildman–Crippen LogP) is 4.87. The number of hydrogen-bond donors (Lipinski definition) is 1. The highest BCUT2D eigenvalue weighted by atomic mass is 32.2. The van der Waals surface area contributed by atoms with Crippen molar-refractivity contribution in [2.45, 2.75) is 23.6 Å². The van der Waals surface area contributed by atoms with Crippen molar-refractivity contribution < 1.29 is 0 Å². The van der Waals surface area contributed by atoms with Crippen LogP contribution in [0.15, 0.2) is 53.4 Å². The van der Waals surface area contributed by atoms with Crippen LogP contribution in [0.4, 0.5) is 0 Å². The lowest BCUT2D eigenvalue weighted by atomic mass is 10.1. The van der Waals surface area contributed by atoms with Crippen LogP contribution in [-0.2, 0) is 5.75 Å². The minimum Gasteiger partial charge on any atom is -0.313 e. The molecular weight excluding hydrogens is 296 g/mol. The van der Waals surface area contributed by atoms with Crippen molar-refractivity contribution in [2.24, 2.45) is 0 Å². The number of rotatable bonds is 5. The van der Waals surface area contributed by atoms with Gasteiger partial charge in [-0.25, -0.2) is 4.98 Å². The first-order valence-electron chi connectivity index (χ1n) is 7.01. The molecule has 0 spiro atoms. The van der Waals surface area contributed by atoms with Crippen LogP contribution in [0.5, 0.6) is 0 Å². The Labute approximate surface area is 133 Å². The van der Waals surface area contributed by atoms with Gasteiger partial charge in [0.25, 0.3) is 0 Å². The summed E-state index contributed by atoms with van der Waals surface area (Å²) in [5, 5.41) is 4.47. The molecule has 1 heterocycles. The molecule has 2 nitrogen and oxygen atoms in total. The van der Waals surface area contributed by atoms with Gasteiger partial charge in [0.1, 0.15) is 5.01 Å². The number of fused-ring (bicyclic) bond motifs is 1. The first-order valence-corrected chi connectivity index (χ1v) is 8.81. The minimum atomic E-state index is 0.382. The van der Waals surface area contributed by atoms with E-state index in [4.69, 9.17) is 0 Å². The summed E-state index contributed by atoms with van der Waals surface area (Å²) < 4.78 is 1.27. The van der Waals surface area contributed by atoms with Crippen LogP contribution < -0.4 is 5.32 Å². The second-order valence-electron chi connectivity index (χ2n) is 4.95. The lowest BCUT2D eigenvalue weighted by molar-refractivity contribution is 0.651. The Morgan fingerprint density at radius 1 is 1.19 bits per heavy atom. The van der Waals surface area contributed by atoms with Gasteiger partial charge in [0, 0.05) is 10.9 Å². The quantitative estimate of drug-likeness (QED) is 0.680. The van der Waals surface area contributed by atoms with Crippen LogP contribution in [-0.4, -0.2) is 12.0 Å². The molecule has 0 radical (unpaired) electrons. The second kappa shape index (κ2) is 6.60. The van der Waals surface area contributed by atoms with E-state index in [1.807, 2.05) is 24.9 Å². The summed E-state index contributed by atoms with van der Waals surface area (Å²) in [7, 11) is 1.99.